The first-order valence-electron chi connectivity index (χ1n) is 7.10. The third-order valence-corrected chi connectivity index (χ3v) is 5.75. The zero-order valence-electron chi connectivity index (χ0n) is 13.3. The predicted octanol–water partition coefficient (Wildman–Crippen LogP) is 1.99. The van der Waals surface area contributed by atoms with Gasteiger partial charge in [0.2, 0.25) is 0 Å². The zero-order valence-corrected chi connectivity index (χ0v) is 14.1. The Hall–Kier alpha value is -1.18. The molecule has 124 valence electrons. The van der Waals surface area contributed by atoms with Gasteiger partial charge in [0.25, 0.3) is 10.5 Å². The Balaban J connectivity index is 0.000000309. The molecule has 5 nitrogen and oxygen atoms in total. The summed E-state index contributed by atoms with van der Waals surface area (Å²) in [5.74, 6) is 0.981. The smallest absolute Gasteiger partial charge is 0.255 e. The molecule has 3 atom stereocenters. The molecule has 2 heterocycles. The maximum Gasteiger partial charge on any atom is 0.255 e. The van der Waals surface area contributed by atoms with Crippen molar-refractivity contribution in [1.82, 2.24) is 0 Å². The van der Waals surface area contributed by atoms with Gasteiger partial charge in [-0.2, -0.15) is 0 Å². The lowest BCUT2D eigenvalue weighted by Crippen LogP contribution is -2.37. The maximum atomic E-state index is 10.1. The molecular formula is C15H22FNO4S. The molecule has 0 radical (unpaired) electrons. The topological polar surface area (TPSA) is 66.4 Å². The van der Waals surface area contributed by atoms with Crippen LogP contribution >= 0.6 is 0 Å². The third-order valence-electron chi connectivity index (χ3n) is 5.75. The molecular weight excluding hydrogens is 309 g/mol. The van der Waals surface area contributed by atoms with Gasteiger partial charge < -0.3 is 13.8 Å². The van der Waals surface area contributed by atoms with Crippen LogP contribution in [-0.4, -0.2) is 50.2 Å². The largest absolute Gasteiger partial charge is 0.722 e. The summed E-state index contributed by atoms with van der Waals surface area (Å²) in [6.07, 6.45) is 1.28. The lowest BCUT2D eigenvalue weighted by atomic mass is 9.71. The quantitative estimate of drug-likeness (QED) is 0.360. The van der Waals surface area contributed by atoms with Crippen LogP contribution in [0, 0.1) is 0 Å². The van der Waals surface area contributed by atoms with Gasteiger partial charge in [-0.1, -0.05) is 12.1 Å². The van der Waals surface area contributed by atoms with E-state index in [1.54, 1.807) is 7.11 Å². The predicted molar refractivity (Wildman–Crippen MR) is 80.1 cm³/mol. The monoisotopic (exact) mass is 331 g/mol. The third kappa shape index (κ3) is 2.85. The normalized spacial score (nSPS) is 36.1. The molecule has 3 unspecified atom stereocenters. The second-order valence-electron chi connectivity index (χ2n) is 6.76. The van der Waals surface area contributed by atoms with E-state index < -0.39 is 10.5 Å². The number of rotatable bonds is 2. The average Bonchev–Trinajstić information content (AvgIpc) is 2.92. The summed E-state index contributed by atoms with van der Waals surface area (Å²) in [5.41, 5.74) is 2.18. The van der Waals surface area contributed by atoms with Crippen molar-refractivity contribution in [2.75, 3.05) is 27.2 Å². The molecule has 0 amide bonds. The molecule has 2 aliphatic heterocycles. The Bertz CT molecular complexity index is 668. The van der Waals surface area contributed by atoms with E-state index in [0.717, 1.165) is 5.75 Å². The van der Waals surface area contributed by atoms with Crippen LogP contribution in [0.3, 0.4) is 0 Å². The van der Waals surface area contributed by atoms with Crippen LogP contribution < -0.4 is 4.74 Å². The molecule has 7 heteroatoms. The van der Waals surface area contributed by atoms with E-state index in [4.69, 9.17) is 17.7 Å². The number of ether oxygens (including phenoxy) is 1. The lowest BCUT2D eigenvalue weighted by Gasteiger charge is -2.28. The van der Waals surface area contributed by atoms with E-state index in [0.29, 0.717) is 11.0 Å². The van der Waals surface area contributed by atoms with Crippen molar-refractivity contribution in [3.05, 3.63) is 29.8 Å². The number of piperidine rings is 1. The van der Waals surface area contributed by atoms with Crippen molar-refractivity contribution in [3.63, 3.8) is 0 Å². The average molecular weight is 331 g/mol. The van der Waals surface area contributed by atoms with Crippen molar-refractivity contribution in [3.8, 4) is 5.75 Å². The number of benzene rings is 1. The molecule has 22 heavy (non-hydrogen) atoms. The van der Waals surface area contributed by atoms with Gasteiger partial charge in [0.1, 0.15) is 12.3 Å². The van der Waals surface area contributed by atoms with Gasteiger partial charge in [0.05, 0.1) is 26.1 Å². The Morgan fingerprint density at radius 1 is 1.36 bits per heavy atom. The number of nitrogens with zero attached hydrogens (tertiary/aromatic N) is 1. The molecule has 0 bridgehead atoms. The Morgan fingerprint density at radius 3 is 2.36 bits per heavy atom. The van der Waals surface area contributed by atoms with Crippen molar-refractivity contribution in [2.45, 2.75) is 31.2 Å². The van der Waals surface area contributed by atoms with Gasteiger partial charge >= 0.3 is 0 Å². The van der Waals surface area contributed by atoms with E-state index in [-0.39, 0.29) is 0 Å². The molecule has 1 aromatic carbocycles. The molecule has 0 aromatic heterocycles. The molecule has 2 aliphatic rings. The molecule has 2 saturated heterocycles. The second-order valence-corrected chi connectivity index (χ2v) is 7.54. The number of methoxy groups -OCH3 is 1. The summed E-state index contributed by atoms with van der Waals surface area (Å²) in [5, 5.41) is 0. The molecule has 2 fully saturated rings. The number of likely N-dealkylation sites (N-methyl/N-ethyl adjacent to an activating group) is 1. The summed E-state index contributed by atoms with van der Waals surface area (Å²) in [4.78, 5) is 0. The van der Waals surface area contributed by atoms with Crippen molar-refractivity contribution < 1.29 is 26.1 Å². The van der Waals surface area contributed by atoms with Gasteiger partial charge in [-0.25, -0.2) is 8.42 Å². The highest BCUT2D eigenvalue weighted by atomic mass is 32.3. The zero-order chi connectivity index (χ0) is 16.8. The molecule has 0 aliphatic carbocycles. The van der Waals surface area contributed by atoms with E-state index in [9.17, 15) is 3.89 Å². The number of quaternary nitrogens is 1. The van der Waals surface area contributed by atoms with Crippen LogP contribution in [0.25, 0.3) is 0 Å². The fraction of sp³-hybridized carbons (Fsp3) is 0.600. The second kappa shape index (κ2) is 5.18. The van der Waals surface area contributed by atoms with Gasteiger partial charge in [0.15, 0.2) is 5.54 Å². The molecule has 0 saturated carbocycles. The van der Waals surface area contributed by atoms with Crippen LogP contribution in [-0.2, 0) is 15.9 Å². The van der Waals surface area contributed by atoms with Gasteiger partial charge in [-0.15, -0.1) is 3.89 Å². The van der Waals surface area contributed by atoms with Crippen LogP contribution in [0.15, 0.2) is 24.3 Å². The van der Waals surface area contributed by atoms with E-state index in [2.05, 4.69) is 39.1 Å². The van der Waals surface area contributed by atoms with Crippen LogP contribution in [0.4, 0.5) is 3.89 Å². The molecule has 3 rings (SSSR count). The van der Waals surface area contributed by atoms with E-state index in [1.807, 2.05) is 6.07 Å². The highest BCUT2D eigenvalue weighted by Crippen LogP contribution is 2.61. The first-order valence-corrected chi connectivity index (χ1v) is 8.41. The summed E-state index contributed by atoms with van der Waals surface area (Å²) in [7, 11) is -1.28. The fourth-order valence-corrected chi connectivity index (χ4v) is 3.90. The number of hydrogen-bond acceptors (Lipinski definition) is 4. The number of halogens is 1. The minimum atomic E-state index is -5.42. The summed E-state index contributed by atoms with van der Waals surface area (Å²) >= 11 is 0. The first kappa shape index (κ1) is 17.2. The number of fused-ring (bicyclic) bond motifs is 1. The highest BCUT2D eigenvalue weighted by Gasteiger charge is 2.76. The summed E-state index contributed by atoms with van der Waals surface area (Å²) in [6.45, 7) is 7.50. The summed E-state index contributed by atoms with van der Waals surface area (Å²) in [6, 6.07) is 8.64. The molecule has 0 spiro atoms. The van der Waals surface area contributed by atoms with Crippen molar-refractivity contribution in [2.24, 2.45) is 0 Å². The minimum absolute atomic E-state index is 0.302. The Kier molecular flexibility index (Phi) is 4.04. The number of hydrogen-bond donors (Lipinski definition) is 0. The van der Waals surface area contributed by atoms with E-state index in [1.165, 1.54) is 29.6 Å². The van der Waals surface area contributed by atoms with Crippen LogP contribution in [0.2, 0.25) is 0 Å². The Morgan fingerprint density at radius 2 is 1.95 bits per heavy atom. The maximum absolute atomic E-state index is 10.1. The van der Waals surface area contributed by atoms with Gasteiger partial charge in [-0.05, 0) is 31.5 Å². The van der Waals surface area contributed by atoms with E-state index >= 15 is 0 Å². The lowest BCUT2D eigenvalue weighted by molar-refractivity contribution is -0.796. The summed E-state index contributed by atoms with van der Waals surface area (Å²) < 4.78 is 41.9. The highest BCUT2D eigenvalue weighted by molar-refractivity contribution is 7.80. The minimum Gasteiger partial charge on any atom is -0.722 e. The van der Waals surface area contributed by atoms with Crippen LogP contribution in [0.1, 0.15) is 25.8 Å². The van der Waals surface area contributed by atoms with Gasteiger partial charge in [0, 0.05) is 6.42 Å². The first-order chi connectivity index (χ1) is 9.95. The van der Waals surface area contributed by atoms with Crippen molar-refractivity contribution in [1.29, 1.82) is 0 Å². The SMILES string of the molecule is COc1cccc(C2(C)CC[N+]3(C)CC23C)c1.O=S(=O)([O-])F. The fourth-order valence-electron chi connectivity index (χ4n) is 3.90. The molecule has 0 N–H and O–H groups in total. The van der Waals surface area contributed by atoms with Crippen LogP contribution in [0.5, 0.6) is 5.75 Å². The molecule has 1 aromatic rings. The van der Waals surface area contributed by atoms with Gasteiger partial charge in [-0.3, -0.25) is 0 Å². The van der Waals surface area contributed by atoms with Crippen molar-refractivity contribution >= 4 is 10.5 Å². The Labute approximate surface area is 131 Å². The standard InChI is InChI=1S/C15H22NO.FHO3S/c1-14(8-9-16(3)11-15(14,16)2)12-6-5-7-13(10-12)17-4;1-5(2,3)4/h5-7,10H,8-9,11H2,1-4H3;(H,2,3,4)/q+1;/p-1.